The van der Waals surface area contributed by atoms with Crippen LogP contribution in [0, 0.1) is 11.8 Å². The molecule has 2 saturated carbocycles. The molecule has 0 aromatic rings. The monoisotopic (exact) mass is 312 g/mol. The first-order valence-electron chi connectivity index (χ1n) is 5.96. The average molecular weight is 312 g/mol. The minimum atomic E-state index is -4.76. The predicted molar refractivity (Wildman–Crippen MR) is 58.9 cm³/mol. The van der Waals surface area contributed by atoms with Crippen molar-refractivity contribution in [2.24, 2.45) is 11.8 Å². The molecule has 5 atom stereocenters. The lowest BCUT2D eigenvalue weighted by Gasteiger charge is -2.33. The van der Waals surface area contributed by atoms with E-state index in [4.69, 9.17) is 4.74 Å². The highest BCUT2D eigenvalue weighted by molar-refractivity contribution is 7.87. The number of fused-ring (bicyclic) bond motifs is 1. The van der Waals surface area contributed by atoms with Crippen molar-refractivity contribution in [3.63, 3.8) is 0 Å². The first-order valence-corrected chi connectivity index (χ1v) is 7.44. The van der Waals surface area contributed by atoms with Crippen LogP contribution in [0.5, 0.6) is 0 Å². The van der Waals surface area contributed by atoms with Gasteiger partial charge in [0, 0.05) is 17.9 Å². The lowest BCUT2D eigenvalue weighted by molar-refractivity contribution is -0.257. The van der Waals surface area contributed by atoms with Gasteiger partial charge in [0.2, 0.25) is 0 Å². The Hall–Kier alpha value is -1.09. The van der Waals surface area contributed by atoms with Crippen molar-refractivity contribution < 1.29 is 35.3 Å². The lowest BCUT2D eigenvalue weighted by atomic mass is 9.82. The minimum Gasteiger partial charge on any atom is -0.457 e. The van der Waals surface area contributed by atoms with E-state index >= 15 is 0 Å². The second kappa shape index (κ2) is 3.76. The fourth-order valence-electron chi connectivity index (χ4n) is 3.73. The summed E-state index contributed by atoms with van der Waals surface area (Å²) in [5.41, 5.74) is -2.64. The quantitative estimate of drug-likeness (QED) is 0.435. The van der Waals surface area contributed by atoms with Crippen LogP contribution in [0.4, 0.5) is 13.2 Å². The Balaban J connectivity index is 2.01. The summed E-state index contributed by atoms with van der Waals surface area (Å²) in [6.07, 6.45) is -5.47. The molecule has 0 spiro atoms. The molecular weight excluding hydrogens is 301 g/mol. The zero-order chi connectivity index (χ0) is 14.9. The van der Waals surface area contributed by atoms with Crippen LogP contribution in [0.15, 0.2) is 12.7 Å². The molecule has 2 aliphatic carbocycles. The van der Waals surface area contributed by atoms with Gasteiger partial charge >= 0.3 is 12.1 Å². The van der Waals surface area contributed by atoms with E-state index in [1.807, 2.05) is 0 Å². The maximum atomic E-state index is 13.2. The second-order valence-corrected chi connectivity index (χ2v) is 7.04. The molecule has 0 amide bonds. The summed E-state index contributed by atoms with van der Waals surface area (Å²) in [5.74, 6) is -2.71. The molecule has 1 heterocycles. The van der Waals surface area contributed by atoms with Crippen molar-refractivity contribution in [1.82, 2.24) is 0 Å². The zero-order valence-electron chi connectivity index (χ0n) is 10.1. The molecule has 0 aromatic heterocycles. The predicted octanol–water partition coefficient (Wildman–Crippen LogP) is 1.15. The topological polar surface area (TPSA) is 69.7 Å². The number of ether oxygens (including phenoxy) is 1. The summed E-state index contributed by atoms with van der Waals surface area (Å²) in [6, 6.07) is 0. The highest BCUT2D eigenvalue weighted by Crippen LogP contribution is 2.65. The van der Waals surface area contributed by atoms with Crippen molar-refractivity contribution in [2.45, 2.75) is 36.0 Å². The minimum absolute atomic E-state index is 0.0263. The van der Waals surface area contributed by atoms with Crippen LogP contribution >= 0.6 is 0 Å². The van der Waals surface area contributed by atoms with Crippen molar-refractivity contribution in [3.8, 4) is 0 Å². The molecule has 2 bridgehead atoms. The van der Waals surface area contributed by atoms with E-state index < -0.39 is 57.5 Å². The number of carbonyl (C=O) groups is 1. The van der Waals surface area contributed by atoms with Crippen LogP contribution in [-0.2, 0) is 23.8 Å². The summed E-state index contributed by atoms with van der Waals surface area (Å²) in [7, 11) is -4.41. The van der Waals surface area contributed by atoms with E-state index in [1.54, 1.807) is 0 Å². The van der Waals surface area contributed by atoms with E-state index in [2.05, 4.69) is 10.8 Å². The molecule has 1 aliphatic heterocycles. The molecule has 0 radical (unpaired) electrons. The molecule has 5 nitrogen and oxygen atoms in total. The Morgan fingerprint density at radius 1 is 1.45 bits per heavy atom. The molecular formula is C11H11F3O5S. The van der Waals surface area contributed by atoms with Gasteiger partial charge in [-0.15, -0.1) is 0 Å². The molecule has 3 rings (SSSR count). The average Bonchev–Trinajstić information content (AvgIpc) is 2.86. The number of rotatable bonds is 2. The van der Waals surface area contributed by atoms with Crippen LogP contribution in [0.2, 0.25) is 0 Å². The van der Waals surface area contributed by atoms with E-state index in [1.165, 1.54) is 0 Å². The molecule has 0 aromatic carbocycles. The largest absolute Gasteiger partial charge is 0.457 e. The van der Waals surface area contributed by atoms with E-state index in [0.29, 0.717) is 0 Å². The maximum Gasteiger partial charge on any atom is 0.419 e. The maximum absolute atomic E-state index is 13.2. The molecule has 3 fully saturated rings. The molecule has 9 heteroatoms. The summed E-state index contributed by atoms with van der Waals surface area (Å²) < 4.78 is 72.7. The Bertz CT molecular complexity index is 583. The molecule has 1 saturated heterocycles. The SMILES string of the molecule is C=CC(=O)OC1C2CC3C1S(=O)(=O)OC3(C(F)(F)F)C2. The molecule has 20 heavy (non-hydrogen) atoms. The van der Waals surface area contributed by atoms with Crippen LogP contribution in [-0.4, -0.2) is 37.5 Å². The number of carbonyl (C=O) groups excluding carboxylic acids is 1. The number of hydrogen-bond donors (Lipinski definition) is 0. The van der Waals surface area contributed by atoms with Gasteiger partial charge < -0.3 is 4.74 Å². The third kappa shape index (κ3) is 1.53. The van der Waals surface area contributed by atoms with Gasteiger partial charge in [-0.1, -0.05) is 6.58 Å². The van der Waals surface area contributed by atoms with Crippen LogP contribution in [0.25, 0.3) is 0 Å². The van der Waals surface area contributed by atoms with Gasteiger partial charge in [-0.3, -0.25) is 4.18 Å². The Morgan fingerprint density at radius 2 is 2.10 bits per heavy atom. The second-order valence-electron chi connectivity index (χ2n) is 5.34. The third-order valence-corrected chi connectivity index (χ3v) is 6.20. The summed E-state index contributed by atoms with van der Waals surface area (Å²) >= 11 is 0. The van der Waals surface area contributed by atoms with Gasteiger partial charge in [-0.25, -0.2) is 4.79 Å². The van der Waals surface area contributed by atoms with Crippen molar-refractivity contribution in [1.29, 1.82) is 0 Å². The van der Waals surface area contributed by atoms with Gasteiger partial charge in [-0.05, 0) is 12.8 Å². The molecule has 3 aliphatic rings. The Labute approximate surface area is 112 Å². The summed E-state index contributed by atoms with van der Waals surface area (Å²) in [4.78, 5) is 11.2. The number of halogens is 3. The van der Waals surface area contributed by atoms with E-state index in [0.717, 1.165) is 6.08 Å². The Morgan fingerprint density at radius 3 is 2.65 bits per heavy atom. The zero-order valence-corrected chi connectivity index (χ0v) is 10.9. The van der Waals surface area contributed by atoms with Crippen LogP contribution < -0.4 is 0 Å². The molecule has 0 N–H and O–H groups in total. The van der Waals surface area contributed by atoms with Crippen LogP contribution in [0.1, 0.15) is 12.8 Å². The summed E-state index contributed by atoms with van der Waals surface area (Å²) in [6.45, 7) is 3.18. The standard InChI is InChI=1S/C11H11F3O5S/c1-2-7(15)18-8-5-3-6-9(8)20(16,17)19-10(6,4-5)11(12,13)14/h2,5-6,8-9H,1,3-4H2. The smallest absolute Gasteiger partial charge is 0.419 e. The first kappa shape index (κ1) is 13.9. The third-order valence-electron chi connectivity index (χ3n) is 4.40. The van der Waals surface area contributed by atoms with Crippen molar-refractivity contribution in [3.05, 3.63) is 12.7 Å². The van der Waals surface area contributed by atoms with Crippen molar-refractivity contribution >= 4 is 16.1 Å². The number of hydrogen-bond acceptors (Lipinski definition) is 5. The van der Waals surface area contributed by atoms with Gasteiger partial charge in [0.25, 0.3) is 10.1 Å². The normalized spacial score (nSPS) is 44.5. The van der Waals surface area contributed by atoms with E-state index in [-0.39, 0.29) is 6.42 Å². The fourth-order valence-corrected chi connectivity index (χ4v) is 5.88. The molecule has 5 unspecified atom stereocenters. The lowest BCUT2D eigenvalue weighted by Crippen LogP contribution is -2.52. The van der Waals surface area contributed by atoms with E-state index in [9.17, 15) is 26.4 Å². The van der Waals surface area contributed by atoms with Gasteiger partial charge in [0.1, 0.15) is 11.4 Å². The highest BCUT2D eigenvalue weighted by atomic mass is 32.2. The highest BCUT2D eigenvalue weighted by Gasteiger charge is 2.80. The van der Waals surface area contributed by atoms with Gasteiger partial charge in [0.05, 0.1) is 0 Å². The fraction of sp³-hybridized carbons (Fsp3) is 0.727. The van der Waals surface area contributed by atoms with Gasteiger partial charge in [-0.2, -0.15) is 21.6 Å². The number of alkyl halides is 3. The first-order chi connectivity index (χ1) is 9.12. The summed E-state index contributed by atoms with van der Waals surface area (Å²) in [5, 5.41) is -1.44. The Kier molecular flexibility index (Phi) is 2.61. The van der Waals surface area contributed by atoms with Crippen LogP contribution in [0.3, 0.4) is 0 Å². The number of esters is 1. The van der Waals surface area contributed by atoms with Gasteiger partial charge in [0.15, 0.2) is 5.60 Å². The van der Waals surface area contributed by atoms with Crippen molar-refractivity contribution in [2.75, 3.05) is 0 Å². The molecule has 112 valence electrons.